The number of benzene rings is 1. The Morgan fingerprint density at radius 1 is 1.36 bits per heavy atom. The van der Waals surface area contributed by atoms with Gasteiger partial charge in [-0.1, -0.05) is 12.1 Å². The van der Waals surface area contributed by atoms with E-state index in [1.54, 1.807) is 12.5 Å². The van der Waals surface area contributed by atoms with E-state index < -0.39 is 9.84 Å². The molecule has 3 rings (SSSR count). The zero-order valence-electron chi connectivity index (χ0n) is 13.7. The van der Waals surface area contributed by atoms with E-state index in [0.29, 0.717) is 23.8 Å². The molecule has 1 aliphatic heterocycles. The van der Waals surface area contributed by atoms with Gasteiger partial charge in [-0.25, -0.2) is 13.4 Å². The van der Waals surface area contributed by atoms with Crippen molar-refractivity contribution < 1.29 is 17.9 Å². The number of nitrogens with zero attached hydrogens (tertiary/aromatic N) is 1. The molecule has 2 N–H and O–H groups in total. The summed E-state index contributed by atoms with van der Waals surface area (Å²) in [5, 5.41) is 8.21. The van der Waals surface area contributed by atoms with Crippen molar-refractivity contribution in [1.82, 2.24) is 10.3 Å². The quantitative estimate of drug-likeness (QED) is 0.790. The van der Waals surface area contributed by atoms with Gasteiger partial charge in [-0.2, -0.15) is 0 Å². The first-order chi connectivity index (χ1) is 11.9. The summed E-state index contributed by atoms with van der Waals surface area (Å²) in [7, 11) is -1.39. The minimum atomic E-state index is -3.02. The fourth-order valence-electron chi connectivity index (χ4n) is 2.55. The molecule has 9 heteroatoms. The third-order valence-corrected chi connectivity index (χ3v) is 6.48. The summed E-state index contributed by atoms with van der Waals surface area (Å²) in [5.74, 6) is 0.594. The molecule has 2 heterocycles. The highest BCUT2D eigenvalue weighted by molar-refractivity contribution is 7.91. The number of anilines is 1. The molecule has 1 aromatic heterocycles. The number of methoxy groups -OCH3 is 1. The maximum Gasteiger partial charge on any atom is 0.271 e. The van der Waals surface area contributed by atoms with Crippen LogP contribution in [-0.4, -0.2) is 44.0 Å². The Balaban J connectivity index is 1.53. The smallest absolute Gasteiger partial charge is 0.271 e. The van der Waals surface area contributed by atoms with Crippen LogP contribution >= 0.6 is 11.3 Å². The molecule has 0 saturated carbocycles. The van der Waals surface area contributed by atoms with Gasteiger partial charge in [-0.05, 0) is 24.1 Å². The molecule has 7 nitrogen and oxygen atoms in total. The molecule has 1 amide bonds. The predicted molar refractivity (Wildman–Crippen MR) is 97.0 cm³/mol. The fourth-order valence-corrected chi connectivity index (χ4v) is 4.91. The maximum atomic E-state index is 12.2. The Labute approximate surface area is 150 Å². The van der Waals surface area contributed by atoms with Gasteiger partial charge in [-0.15, -0.1) is 11.3 Å². The monoisotopic (exact) mass is 381 g/mol. The second-order valence-corrected chi connectivity index (χ2v) is 8.90. The van der Waals surface area contributed by atoms with E-state index in [0.717, 1.165) is 11.3 Å². The third kappa shape index (κ3) is 4.70. The summed E-state index contributed by atoms with van der Waals surface area (Å²) in [6.45, 7) is 0.583. The summed E-state index contributed by atoms with van der Waals surface area (Å²) >= 11 is 1.34. The summed E-state index contributed by atoms with van der Waals surface area (Å²) < 4.78 is 28.0. The Kier molecular flexibility index (Phi) is 5.24. The number of carbonyl (C=O) groups is 1. The zero-order valence-corrected chi connectivity index (χ0v) is 15.3. The largest absolute Gasteiger partial charge is 0.497 e. The fraction of sp³-hybridized carbons (Fsp3) is 0.375. The van der Waals surface area contributed by atoms with Crippen molar-refractivity contribution in [3.8, 4) is 5.75 Å². The number of ether oxygens (including phenoxy) is 1. The summed E-state index contributed by atoms with van der Waals surface area (Å²) in [4.78, 5) is 16.4. The van der Waals surface area contributed by atoms with Gasteiger partial charge in [0.05, 0.1) is 18.6 Å². The molecule has 1 aliphatic rings. The van der Waals surface area contributed by atoms with Gasteiger partial charge in [0.25, 0.3) is 5.91 Å². The molecular formula is C16H19N3O4S2. The van der Waals surface area contributed by atoms with E-state index in [-0.39, 0.29) is 23.5 Å². The highest BCUT2D eigenvalue weighted by Crippen LogP contribution is 2.18. The first kappa shape index (κ1) is 17.7. The van der Waals surface area contributed by atoms with Gasteiger partial charge >= 0.3 is 0 Å². The van der Waals surface area contributed by atoms with E-state index >= 15 is 0 Å². The molecule has 1 atom stereocenters. The molecule has 2 aromatic rings. The average Bonchev–Trinajstić information content (AvgIpc) is 3.20. The maximum absolute atomic E-state index is 12.2. The van der Waals surface area contributed by atoms with Gasteiger partial charge in [0.15, 0.2) is 15.0 Å². The van der Waals surface area contributed by atoms with Crippen molar-refractivity contribution in [2.24, 2.45) is 0 Å². The SMILES string of the molecule is COc1ccc(CNc2nc(C(=O)N[C@H]3CCS(=O)(=O)C3)cs2)cc1. The van der Waals surface area contributed by atoms with Gasteiger partial charge in [0.1, 0.15) is 11.4 Å². The number of sulfone groups is 1. The molecule has 1 saturated heterocycles. The molecule has 1 aromatic carbocycles. The van der Waals surface area contributed by atoms with Crippen molar-refractivity contribution in [2.45, 2.75) is 19.0 Å². The number of aromatic nitrogens is 1. The lowest BCUT2D eigenvalue weighted by Crippen LogP contribution is -2.35. The topological polar surface area (TPSA) is 97.4 Å². The Bertz CT molecular complexity index is 847. The van der Waals surface area contributed by atoms with Gasteiger partial charge in [-0.3, -0.25) is 4.79 Å². The first-order valence-corrected chi connectivity index (χ1v) is 10.5. The molecule has 25 heavy (non-hydrogen) atoms. The Morgan fingerprint density at radius 2 is 2.12 bits per heavy atom. The van der Waals surface area contributed by atoms with Crippen LogP contribution in [0, 0.1) is 0 Å². The minimum Gasteiger partial charge on any atom is -0.497 e. The van der Waals surface area contributed by atoms with Gasteiger partial charge in [0, 0.05) is 18.0 Å². The van der Waals surface area contributed by atoms with E-state index in [9.17, 15) is 13.2 Å². The first-order valence-electron chi connectivity index (χ1n) is 7.79. The zero-order chi connectivity index (χ0) is 17.9. The van der Waals surface area contributed by atoms with Gasteiger partial charge in [0.2, 0.25) is 0 Å². The van der Waals surface area contributed by atoms with Crippen molar-refractivity contribution in [3.05, 3.63) is 40.9 Å². The number of thiazole rings is 1. The van der Waals surface area contributed by atoms with Crippen molar-refractivity contribution in [3.63, 3.8) is 0 Å². The van der Waals surface area contributed by atoms with Crippen LogP contribution in [0.25, 0.3) is 0 Å². The standard InChI is InChI=1S/C16H19N3O4S2/c1-23-13-4-2-11(3-5-13)8-17-16-19-14(9-24-16)15(20)18-12-6-7-25(21,22)10-12/h2-5,9,12H,6-8,10H2,1H3,(H,17,19)(H,18,20)/t12-/m0/s1. The highest BCUT2D eigenvalue weighted by atomic mass is 32.2. The van der Waals surface area contributed by atoms with Crippen molar-refractivity contribution in [1.29, 1.82) is 0 Å². The van der Waals surface area contributed by atoms with E-state index in [4.69, 9.17) is 4.74 Å². The van der Waals surface area contributed by atoms with E-state index in [1.807, 2.05) is 24.3 Å². The second-order valence-electron chi connectivity index (χ2n) is 5.81. The van der Waals surface area contributed by atoms with E-state index in [1.165, 1.54) is 11.3 Å². The van der Waals surface area contributed by atoms with Gasteiger partial charge < -0.3 is 15.4 Å². The number of rotatable bonds is 6. The van der Waals surface area contributed by atoms with E-state index in [2.05, 4.69) is 15.6 Å². The number of amides is 1. The third-order valence-electron chi connectivity index (χ3n) is 3.91. The normalized spacial score (nSPS) is 18.7. The molecule has 0 spiro atoms. The lowest BCUT2D eigenvalue weighted by molar-refractivity contribution is 0.0937. The lowest BCUT2D eigenvalue weighted by Gasteiger charge is -2.08. The number of hydrogen-bond donors (Lipinski definition) is 2. The number of carbonyl (C=O) groups excluding carboxylic acids is 1. The number of hydrogen-bond acceptors (Lipinski definition) is 7. The van der Waals surface area contributed by atoms with Crippen LogP contribution < -0.4 is 15.4 Å². The van der Waals surface area contributed by atoms with Crippen LogP contribution in [0.15, 0.2) is 29.6 Å². The molecule has 0 unspecified atom stereocenters. The van der Waals surface area contributed by atoms with Crippen LogP contribution in [-0.2, 0) is 16.4 Å². The second kappa shape index (κ2) is 7.40. The Hall–Kier alpha value is -2.13. The average molecular weight is 381 g/mol. The number of nitrogens with one attached hydrogen (secondary N) is 2. The molecule has 0 aliphatic carbocycles. The molecular weight excluding hydrogens is 362 g/mol. The highest BCUT2D eigenvalue weighted by Gasteiger charge is 2.29. The van der Waals surface area contributed by atoms with Crippen LogP contribution in [0.5, 0.6) is 5.75 Å². The molecule has 1 fully saturated rings. The van der Waals surface area contributed by atoms with Crippen LogP contribution in [0.1, 0.15) is 22.5 Å². The predicted octanol–water partition coefficient (Wildman–Crippen LogP) is 1.68. The van der Waals surface area contributed by atoms with Crippen LogP contribution in [0.3, 0.4) is 0 Å². The molecule has 134 valence electrons. The Morgan fingerprint density at radius 3 is 2.76 bits per heavy atom. The van der Waals surface area contributed by atoms with Crippen molar-refractivity contribution in [2.75, 3.05) is 23.9 Å². The van der Waals surface area contributed by atoms with Crippen molar-refractivity contribution >= 4 is 32.2 Å². The van der Waals surface area contributed by atoms with Crippen LogP contribution in [0.2, 0.25) is 0 Å². The van der Waals surface area contributed by atoms with Crippen LogP contribution in [0.4, 0.5) is 5.13 Å². The summed E-state index contributed by atoms with van der Waals surface area (Å²) in [6.07, 6.45) is 0.459. The summed E-state index contributed by atoms with van der Waals surface area (Å²) in [5.41, 5.74) is 1.37. The lowest BCUT2D eigenvalue weighted by atomic mass is 10.2. The molecule has 0 radical (unpaired) electrons. The molecule has 0 bridgehead atoms. The summed E-state index contributed by atoms with van der Waals surface area (Å²) in [6, 6.07) is 7.34. The minimum absolute atomic E-state index is 0.00541.